The standard InChI is InChI=1S/C14H18FN3O5/c1-7-6-9(20)17-13(22)18(7)12-14(16,4-3-5-15)11(21)10(23-12)8(2)19/h6,8,10-12,19,21H,5,16H2,1-2H3,(H,17,20,22)/t8-,10-,11+,12-,14?/m1/s1. The Morgan fingerprint density at radius 3 is 2.78 bits per heavy atom. The molecule has 0 aliphatic carbocycles. The maximum atomic E-state index is 12.4. The predicted octanol–water partition coefficient (Wildman–Crippen LogP) is -1.85. The van der Waals surface area contributed by atoms with Crippen molar-refractivity contribution in [2.24, 2.45) is 5.73 Å². The summed E-state index contributed by atoms with van der Waals surface area (Å²) in [4.78, 5) is 25.5. The zero-order valence-electron chi connectivity index (χ0n) is 12.6. The number of nitrogens with zero attached hydrogens (tertiary/aromatic N) is 1. The molecular formula is C14H18FN3O5. The highest BCUT2D eigenvalue weighted by molar-refractivity contribution is 5.27. The number of ether oxygens (including phenoxy) is 1. The molecule has 2 rings (SSSR count). The number of alkyl halides is 1. The molecule has 1 aromatic rings. The van der Waals surface area contributed by atoms with E-state index in [-0.39, 0.29) is 5.69 Å². The number of hydrogen-bond acceptors (Lipinski definition) is 6. The second kappa shape index (κ2) is 6.25. The van der Waals surface area contributed by atoms with Gasteiger partial charge in [0.2, 0.25) is 0 Å². The average molecular weight is 327 g/mol. The average Bonchev–Trinajstić information content (AvgIpc) is 2.70. The van der Waals surface area contributed by atoms with Gasteiger partial charge in [-0.2, -0.15) is 0 Å². The van der Waals surface area contributed by atoms with E-state index < -0.39 is 48.0 Å². The van der Waals surface area contributed by atoms with Crippen LogP contribution in [0, 0.1) is 18.8 Å². The molecule has 5 N–H and O–H groups in total. The zero-order valence-corrected chi connectivity index (χ0v) is 12.6. The predicted molar refractivity (Wildman–Crippen MR) is 78.3 cm³/mol. The third-order valence-electron chi connectivity index (χ3n) is 3.75. The Bertz CT molecular complexity index is 762. The van der Waals surface area contributed by atoms with Crippen LogP contribution in [0.15, 0.2) is 15.7 Å². The van der Waals surface area contributed by atoms with E-state index in [9.17, 15) is 24.2 Å². The van der Waals surface area contributed by atoms with E-state index >= 15 is 0 Å². The normalized spacial score (nSPS) is 31.5. The monoisotopic (exact) mass is 327 g/mol. The van der Waals surface area contributed by atoms with Gasteiger partial charge in [0, 0.05) is 11.8 Å². The molecule has 0 spiro atoms. The molecule has 1 unspecified atom stereocenters. The molecule has 126 valence electrons. The Morgan fingerprint density at radius 1 is 1.61 bits per heavy atom. The first kappa shape index (κ1) is 17.4. The minimum atomic E-state index is -1.83. The van der Waals surface area contributed by atoms with Gasteiger partial charge < -0.3 is 20.7 Å². The Labute approximate surface area is 130 Å². The Balaban J connectivity index is 2.63. The molecule has 0 radical (unpaired) electrons. The molecule has 1 aliphatic heterocycles. The van der Waals surface area contributed by atoms with Crippen LogP contribution >= 0.6 is 0 Å². The van der Waals surface area contributed by atoms with Gasteiger partial charge in [0.25, 0.3) is 5.56 Å². The van der Waals surface area contributed by atoms with Gasteiger partial charge >= 0.3 is 5.69 Å². The van der Waals surface area contributed by atoms with Crippen LogP contribution in [0.3, 0.4) is 0 Å². The molecule has 9 heteroatoms. The molecule has 1 aliphatic rings. The lowest BCUT2D eigenvalue weighted by atomic mass is 9.90. The lowest BCUT2D eigenvalue weighted by molar-refractivity contribution is -0.0784. The van der Waals surface area contributed by atoms with Crippen molar-refractivity contribution in [3.8, 4) is 11.8 Å². The highest BCUT2D eigenvalue weighted by Gasteiger charge is 2.56. The topological polar surface area (TPSA) is 131 Å². The molecule has 0 aromatic carbocycles. The van der Waals surface area contributed by atoms with Gasteiger partial charge in [-0.1, -0.05) is 11.8 Å². The highest BCUT2D eigenvalue weighted by atomic mass is 19.1. The summed E-state index contributed by atoms with van der Waals surface area (Å²) < 4.78 is 19.0. The van der Waals surface area contributed by atoms with Crippen molar-refractivity contribution in [1.29, 1.82) is 0 Å². The molecule has 1 aromatic heterocycles. The highest BCUT2D eigenvalue weighted by Crippen LogP contribution is 2.37. The number of aryl methyl sites for hydroxylation is 1. The number of halogens is 1. The van der Waals surface area contributed by atoms with Gasteiger partial charge in [-0.3, -0.25) is 14.3 Å². The number of nitrogens with one attached hydrogen (secondary N) is 1. The number of aromatic nitrogens is 2. The first-order chi connectivity index (χ1) is 10.7. The lowest BCUT2D eigenvalue weighted by Crippen LogP contribution is -2.56. The number of aliphatic hydroxyl groups excluding tert-OH is 2. The number of aromatic amines is 1. The third kappa shape index (κ3) is 2.94. The van der Waals surface area contributed by atoms with Crippen molar-refractivity contribution in [3.63, 3.8) is 0 Å². The molecule has 0 amide bonds. The van der Waals surface area contributed by atoms with E-state index in [1.807, 2.05) is 0 Å². The molecule has 2 heterocycles. The number of H-pyrrole nitrogens is 1. The minimum absolute atomic E-state index is 0.221. The van der Waals surface area contributed by atoms with Gasteiger partial charge in [0.1, 0.15) is 18.9 Å². The largest absolute Gasteiger partial charge is 0.391 e. The summed E-state index contributed by atoms with van der Waals surface area (Å²) in [6.07, 6.45) is -5.01. The summed E-state index contributed by atoms with van der Waals surface area (Å²) in [5, 5.41) is 20.1. The number of rotatable bonds is 2. The van der Waals surface area contributed by atoms with E-state index in [4.69, 9.17) is 10.5 Å². The lowest BCUT2D eigenvalue weighted by Gasteiger charge is -2.29. The smallest absolute Gasteiger partial charge is 0.330 e. The number of aliphatic hydroxyl groups is 2. The van der Waals surface area contributed by atoms with Crippen LogP contribution in [0.4, 0.5) is 4.39 Å². The maximum absolute atomic E-state index is 12.4. The zero-order chi connectivity index (χ0) is 17.4. The summed E-state index contributed by atoms with van der Waals surface area (Å²) in [6, 6.07) is 1.15. The van der Waals surface area contributed by atoms with Gasteiger partial charge in [-0.25, -0.2) is 9.18 Å². The van der Waals surface area contributed by atoms with Crippen molar-refractivity contribution < 1.29 is 19.3 Å². The summed E-state index contributed by atoms with van der Waals surface area (Å²) >= 11 is 0. The van der Waals surface area contributed by atoms with Crippen LogP contribution in [0.1, 0.15) is 18.8 Å². The van der Waals surface area contributed by atoms with E-state index in [1.165, 1.54) is 13.8 Å². The van der Waals surface area contributed by atoms with Crippen LogP contribution in [0.25, 0.3) is 0 Å². The van der Waals surface area contributed by atoms with Crippen LogP contribution in [-0.2, 0) is 4.74 Å². The van der Waals surface area contributed by atoms with Crippen molar-refractivity contribution in [1.82, 2.24) is 9.55 Å². The first-order valence-corrected chi connectivity index (χ1v) is 6.91. The fraction of sp³-hybridized carbons (Fsp3) is 0.571. The van der Waals surface area contributed by atoms with Crippen molar-refractivity contribution in [2.75, 3.05) is 6.67 Å². The van der Waals surface area contributed by atoms with E-state index in [0.717, 1.165) is 10.6 Å². The van der Waals surface area contributed by atoms with Crippen molar-refractivity contribution in [2.45, 2.75) is 43.9 Å². The Hall–Kier alpha value is -1.99. The second-order valence-electron chi connectivity index (χ2n) is 5.46. The summed E-state index contributed by atoms with van der Waals surface area (Å²) in [5.41, 5.74) is 3.06. The van der Waals surface area contributed by atoms with Crippen molar-refractivity contribution >= 4 is 0 Å². The molecular weight excluding hydrogens is 309 g/mol. The van der Waals surface area contributed by atoms with Gasteiger partial charge in [-0.05, 0) is 13.8 Å². The molecule has 0 bridgehead atoms. The fourth-order valence-corrected chi connectivity index (χ4v) is 2.64. The van der Waals surface area contributed by atoms with E-state index in [1.54, 1.807) is 0 Å². The molecule has 5 atom stereocenters. The second-order valence-corrected chi connectivity index (χ2v) is 5.46. The van der Waals surface area contributed by atoms with Crippen LogP contribution in [0.2, 0.25) is 0 Å². The van der Waals surface area contributed by atoms with E-state index in [0.29, 0.717) is 0 Å². The van der Waals surface area contributed by atoms with Gasteiger partial charge in [-0.15, -0.1) is 0 Å². The molecule has 1 fully saturated rings. The Morgan fingerprint density at radius 2 is 2.26 bits per heavy atom. The third-order valence-corrected chi connectivity index (χ3v) is 3.75. The molecule has 1 saturated heterocycles. The maximum Gasteiger partial charge on any atom is 0.330 e. The fourth-order valence-electron chi connectivity index (χ4n) is 2.64. The van der Waals surface area contributed by atoms with Crippen LogP contribution < -0.4 is 17.0 Å². The summed E-state index contributed by atoms with van der Waals surface area (Å²) in [6.45, 7) is 1.85. The minimum Gasteiger partial charge on any atom is -0.391 e. The van der Waals surface area contributed by atoms with Crippen molar-refractivity contribution in [3.05, 3.63) is 32.6 Å². The Kier molecular flexibility index (Phi) is 4.72. The van der Waals surface area contributed by atoms with E-state index in [2.05, 4.69) is 16.8 Å². The number of nitrogens with two attached hydrogens (primary N) is 1. The van der Waals surface area contributed by atoms with Gasteiger partial charge in [0.15, 0.2) is 11.8 Å². The number of hydrogen-bond donors (Lipinski definition) is 4. The molecule has 8 nitrogen and oxygen atoms in total. The molecule has 0 saturated carbocycles. The molecule has 23 heavy (non-hydrogen) atoms. The SMILES string of the molecule is Cc1cc(=O)[nH]c(=O)n1[C@@H]1O[C@H]([C@@H](C)O)[C@H](O)C1(N)C#CCF. The quantitative estimate of drug-likeness (QED) is 0.472. The first-order valence-electron chi connectivity index (χ1n) is 6.91. The summed E-state index contributed by atoms with van der Waals surface area (Å²) in [7, 11) is 0. The summed E-state index contributed by atoms with van der Waals surface area (Å²) in [5.74, 6) is 4.49. The van der Waals surface area contributed by atoms with Gasteiger partial charge in [0.05, 0.1) is 6.10 Å². The van der Waals surface area contributed by atoms with Crippen LogP contribution in [-0.4, -0.2) is 50.3 Å². The van der Waals surface area contributed by atoms with Crippen LogP contribution in [0.5, 0.6) is 0 Å².